The van der Waals surface area contributed by atoms with Crippen LogP contribution in [0.2, 0.25) is 0 Å². The van der Waals surface area contributed by atoms with Gasteiger partial charge in [0, 0.05) is 24.3 Å². The number of carbonyl (C=O) groups excluding carboxylic acids is 1. The molecule has 1 fully saturated rings. The molecule has 0 spiro atoms. The standard InChI is InChI=1S/C26H28FN3O4S/c1-3-19-9-5-7-13-23(19)28-26(31)21-11-8-16-30(17-21)35(32,33)25-18(2)29-34-24(25)15-14-20-10-4-6-12-22(20)27/h4-7,9-10,12-15,21H,3,8,11,16-17H2,1-2H3,(H,28,31). The van der Waals surface area contributed by atoms with Crippen LogP contribution >= 0.6 is 0 Å². The summed E-state index contributed by atoms with van der Waals surface area (Å²) in [5.41, 5.74) is 2.27. The van der Waals surface area contributed by atoms with Crippen LogP contribution in [0.3, 0.4) is 0 Å². The molecule has 0 aliphatic carbocycles. The topological polar surface area (TPSA) is 92.5 Å². The molecule has 3 aromatic rings. The number of sulfonamides is 1. The van der Waals surface area contributed by atoms with Crippen LogP contribution in [0.5, 0.6) is 0 Å². The smallest absolute Gasteiger partial charge is 0.248 e. The molecule has 2 heterocycles. The van der Waals surface area contributed by atoms with Crippen LogP contribution < -0.4 is 5.32 Å². The number of anilines is 1. The van der Waals surface area contributed by atoms with E-state index in [1.54, 1.807) is 25.1 Å². The number of hydrogen-bond donors (Lipinski definition) is 1. The molecule has 0 radical (unpaired) electrons. The Hall–Kier alpha value is -3.30. The van der Waals surface area contributed by atoms with Gasteiger partial charge in [-0.3, -0.25) is 4.79 Å². The maximum absolute atomic E-state index is 14.0. The average Bonchev–Trinajstić information content (AvgIpc) is 3.25. The number of nitrogens with one attached hydrogen (secondary N) is 1. The highest BCUT2D eigenvalue weighted by molar-refractivity contribution is 7.89. The maximum Gasteiger partial charge on any atom is 0.248 e. The quantitative estimate of drug-likeness (QED) is 0.502. The zero-order chi connectivity index (χ0) is 25.0. The number of para-hydroxylation sites is 1. The van der Waals surface area contributed by atoms with E-state index in [-0.39, 0.29) is 28.8 Å². The summed E-state index contributed by atoms with van der Waals surface area (Å²) in [5.74, 6) is -1.10. The van der Waals surface area contributed by atoms with E-state index < -0.39 is 21.8 Å². The van der Waals surface area contributed by atoms with Gasteiger partial charge in [0.2, 0.25) is 15.9 Å². The Morgan fingerprint density at radius 2 is 1.94 bits per heavy atom. The monoisotopic (exact) mass is 497 g/mol. The van der Waals surface area contributed by atoms with Crippen molar-refractivity contribution in [3.63, 3.8) is 0 Å². The first-order valence-electron chi connectivity index (χ1n) is 11.6. The fraction of sp³-hybridized carbons (Fsp3) is 0.308. The lowest BCUT2D eigenvalue weighted by molar-refractivity contribution is -0.120. The van der Waals surface area contributed by atoms with Crippen molar-refractivity contribution in [3.8, 4) is 0 Å². The fourth-order valence-electron chi connectivity index (χ4n) is 4.26. The minimum absolute atomic E-state index is 0.0224. The molecule has 1 amide bonds. The second-order valence-electron chi connectivity index (χ2n) is 8.52. The van der Waals surface area contributed by atoms with Gasteiger partial charge < -0.3 is 9.84 Å². The van der Waals surface area contributed by atoms with Gasteiger partial charge in [-0.2, -0.15) is 4.31 Å². The predicted molar refractivity (Wildman–Crippen MR) is 133 cm³/mol. The van der Waals surface area contributed by atoms with Crippen molar-refractivity contribution in [2.75, 3.05) is 18.4 Å². The van der Waals surface area contributed by atoms with Crippen LogP contribution in [0.4, 0.5) is 10.1 Å². The molecule has 1 aliphatic heterocycles. The van der Waals surface area contributed by atoms with Gasteiger partial charge in [-0.15, -0.1) is 0 Å². The highest BCUT2D eigenvalue weighted by atomic mass is 32.2. The van der Waals surface area contributed by atoms with Gasteiger partial charge in [0.05, 0.1) is 5.92 Å². The number of hydrogen-bond acceptors (Lipinski definition) is 5. The van der Waals surface area contributed by atoms with Crippen molar-refractivity contribution < 1.29 is 22.1 Å². The molecule has 1 aliphatic rings. The second-order valence-corrected chi connectivity index (χ2v) is 10.4. The molecule has 184 valence electrons. The molecule has 9 heteroatoms. The molecule has 4 rings (SSSR count). The molecular formula is C26H28FN3O4S. The number of amides is 1. The molecule has 1 aromatic heterocycles. The van der Waals surface area contributed by atoms with Gasteiger partial charge in [-0.25, -0.2) is 12.8 Å². The first kappa shape index (κ1) is 24.8. The summed E-state index contributed by atoms with van der Waals surface area (Å²) in [6.07, 6.45) is 4.77. The number of nitrogens with zero attached hydrogens (tertiary/aromatic N) is 2. The Bertz CT molecular complexity index is 1350. The van der Waals surface area contributed by atoms with Crippen molar-refractivity contribution in [3.05, 3.63) is 76.9 Å². The molecular weight excluding hydrogens is 469 g/mol. The molecule has 1 saturated heterocycles. The van der Waals surface area contributed by atoms with Gasteiger partial charge in [0.15, 0.2) is 10.7 Å². The first-order valence-corrected chi connectivity index (χ1v) is 13.0. The Kier molecular flexibility index (Phi) is 7.47. The lowest BCUT2D eigenvalue weighted by Crippen LogP contribution is -2.44. The maximum atomic E-state index is 14.0. The van der Waals surface area contributed by atoms with E-state index in [1.807, 2.05) is 31.2 Å². The number of halogens is 1. The van der Waals surface area contributed by atoms with E-state index in [4.69, 9.17) is 4.52 Å². The van der Waals surface area contributed by atoms with Gasteiger partial charge >= 0.3 is 0 Å². The Morgan fingerprint density at radius 1 is 1.20 bits per heavy atom. The van der Waals surface area contributed by atoms with Crippen molar-refractivity contribution in [1.82, 2.24) is 9.46 Å². The Morgan fingerprint density at radius 3 is 2.71 bits per heavy atom. The Labute approximate surface area is 204 Å². The third kappa shape index (κ3) is 5.36. The summed E-state index contributed by atoms with van der Waals surface area (Å²) in [4.78, 5) is 12.9. The second kappa shape index (κ2) is 10.5. The van der Waals surface area contributed by atoms with Gasteiger partial charge in [-0.05, 0) is 56.0 Å². The number of aromatic nitrogens is 1. The molecule has 2 aromatic carbocycles. The zero-order valence-corrected chi connectivity index (χ0v) is 20.5. The van der Waals surface area contributed by atoms with E-state index in [1.165, 1.54) is 22.5 Å². The number of carbonyl (C=O) groups is 1. The third-order valence-corrected chi connectivity index (χ3v) is 8.19. The van der Waals surface area contributed by atoms with E-state index in [2.05, 4.69) is 10.5 Å². The first-order chi connectivity index (χ1) is 16.8. The van der Waals surface area contributed by atoms with Gasteiger partial charge in [0.25, 0.3) is 0 Å². The predicted octanol–water partition coefficient (Wildman–Crippen LogP) is 4.89. The lowest BCUT2D eigenvalue weighted by atomic mass is 9.98. The number of aryl methyl sites for hydroxylation is 2. The summed E-state index contributed by atoms with van der Waals surface area (Å²) in [5, 5.41) is 6.80. The minimum Gasteiger partial charge on any atom is -0.355 e. The van der Waals surface area contributed by atoms with Crippen LogP contribution in [0, 0.1) is 18.7 Å². The summed E-state index contributed by atoms with van der Waals surface area (Å²) in [6, 6.07) is 13.7. The zero-order valence-electron chi connectivity index (χ0n) is 19.7. The van der Waals surface area contributed by atoms with Gasteiger partial charge in [0.1, 0.15) is 11.5 Å². The van der Waals surface area contributed by atoms with E-state index in [9.17, 15) is 17.6 Å². The molecule has 1 atom stereocenters. The lowest BCUT2D eigenvalue weighted by Gasteiger charge is -2.31. The van der Waals surface area contributed by atoms with Gasteiger partial charge in [-0.1, -0.05) is 48.5 Å². The Balaban J connectivity index is 1.55. The molecule has 0 saturated carbocycles. The summed E-state index contributed by atoms with van der Waals surface area (Å²) < 4.78 is 47.7. The molecule has 35 heavy (non-hydrogen) atoms. The number of rotatable bonds is 7. The molecule has 1 N–H and O–H groups in total. The van der Waals surface area contributed by atoms with Crippen LogP contribution in [-0.2, 0) is 21.2 Å². The van der Waals surface area contributed by atoms with Crippen molar-refractivity contribution in [1.29, 1.82) is 0 Å². The van der Waals surface area contributed by atoms with Crippen molar-refractivity contribution in [2.24, 2.45) is 5.92 Å². The van der Waals surface area contributed by atoms with Crippen molar-refractivity contribution in [2.45, 2.75) is 38.0 Å². The molecule has 7 nitrogen and oxygen atoms in total. The van der Waals surface area contributed by atoms with Crippen LogP contribution in [0.1, 0.15) is 42.3 Å². The summed E-state index contributed by atoms with van der Waals surface area (Å²) in [7, 11) is -3.99. The minimum atomic E-state index is -3.99. The highest BCUT2D eigenvalue weighted by Crippen LogP contribution is 2.30. The number of benzene rings is 2. The highest BCUT2D eigenvalue weighted by Gasteiger charge is 2.37. The summed E-state index contributed by atoms with van der Waals surface area (Å²) >= 11 is 0. The van der Waals surface area contributed by atoms with Crippen molar-refractivity contribution >= 4 is 33.8 Å². The normalized spacial score (nSPS) is 17.1. The van der Waals surface area contributed by atoms with Crippen LogP contribution in [-0.4, -0.2) is 36.9 Å². The molecule has 1 unspecified atom stereocenters. The third-order valence-electron chi connectivity index (χ3n) is 6.16. The average molecular weight is 498 g/mol. The molecule has 0 bridgehead atoms. The summed E-state index contributed by atoms with van der Waals surface area (Å²) in [6.45, 7) is 3.91. The fourth-order valence-corrected chi connectivity index (χ4v) is 6.04. The van der Waals surface area contributed by atoms with Crippen LogP contribution in [0.15, 0.2) is 57.9 Å². The van der Waals surface area contributed by atoms with Crippen LogP contribution in [0.25, 0.3) is 12.2 Å². The number of piperidine rings is 1. The largest absolute Gasteiger partial charge is 0.355 e. The van der Waals surface area contributed by atoms with E-state index in [0.29, 0.717) is 24.9 Å². The SMILES string of the molecule is CCc1ccccc1NC(=O)C1CCCN(S(=O)(=O)c2c(C)noc2C=Cc2ccccc2F)C1. The van der Waals surface area contributed by atoms with E-state index in [0.717, 1.165) is 17.7 Å². The van der Waals surface area contributed by atoms with E-state index >= 15 is 0 Å².